The van der Waals surface area contributed by atoms with E-state index in [4.69, 9.17) is 15.7 Å². The van der Waals surface area contributed by atoms with Gasteiger partial charge >= 0.3 is 0 Å². The zero-order chi connectivity index (χ0) is 31.9. The SMILES string of the molecule is CN(C)C/C=C/C(=O)Nc1ccc2c(N3CC[C@H](Nc4nccc(/C(=C(/N)c5ccccc5)c5ccccn5)n4)C3)nccc2c1. The summed E-state index contributed by atoms with van der Waals surface area (Å²) in [6.07, 6.45) is 9.62. The summed E-state index contributed by atoms with van der Waals surface area (Å²) in [7, 11) is 3.92. The Bertz CT molecular complexity index is 1870. The number of pyridine rings is 2. The Morgan fingerprint density at radius 1 is 0.957 bits per heavy atom. The quantitative estimate of drug-likeness (QED) is 0.186. The van der Waals surface area contributed by atoms with Crippen LogP contribution in [0.3, 0.4) is 0 Å². The molecular weight excluding hydrogens is 574 g/mol. The fourth-order valence-electron chi connectivity index (χ4n) is 5.55. The second-order valence-corrected chi connectivity index (χ2v) is 11.4. The van der Waals surface area contributed by atoms with E-state index in [-0.39, 0.29) is 11.9 Å². The van der Waals surface area contributed by atoms with Gasteiger partial charge in [-0.3, -0.25) is 9.78 Å². The first-order chi connectivity index (χ1) is 22.4. The number of rotatable bonds is 10. The van der Waals surface area contributed by atoms with Gasteiger partial charge in [0.15, 0.2) is 0 Å². The van der Waals surface area contributed by atoms with Crippen molar-refractivity contribution in [3.05, 3.63) is 127 Å². The Labute approximate surface area is 268 Å². The molecule has 1 aliphatic heterocycles. The normalized spacial score (nSPS) is 15.4. The van der Waals surface area contributed by atoms with Crippen LogP contribution in [0.15, 0.2) is 110 Å². The second kappa shape index (κ2) is 14.0. The minimum absolute atomic E-state index is 0.119. The van der Waals surface area contributed by atoms with Crippen molar-refractivity contribution >= 4 is 45.4 Å². The molecule has 1 aliphatic rings. The third-order valence-corrected chi connectivity index (χ3v) is 7.76. The highest BCUT2D eigenvalue weighted by Crippen LogP contribution is 2.31. The summed E-state index contributed by atoms with van der Waals surface area (Å²) in [5.41, 5.74) is 11.2. The predicted octanol–water partition coefficient (Wildman–Crippen LogP) is 5.04. The van der Waals surface area contributed by atoms with Gasteiger partial charge in [-0.15, -0.1) is 0 Å². The van der Waals surface area contributed by atoms with E-state index in [2.05, 4.69) is 25.5 Å². The van der Waals surface area contributed by atoms with Crippen molar-refractivity contribution in [2.24, 2.45) is 5.73 Å². The summed E-state index contributed by atoms with van der Waals surface area (Å²) < 4.78 is 0. The first-order valence-corrected chi connectivity index (χ1v) is 15.3. The van der Waals surface area contributed by atoms with Gasteiger partial charge in [0.05, 0.1) is 17.1 Å². The van der Waals surface area contributed by atoms with Gasteiger partial charge in [-0.1, -0.05) is 42.5 Å². The fourth-order valence-corrected chi connectivity index (χ4v) is 5.55. The number of likely N-dealkylation sites (N-methyl/N-ethyl adjacent to an activating group) is 1. The zero-order valence-corrected chi connectivity index (χ0v) is 26.0. The van der Waals surface area contributed by atoms with Gasteiger partial charge in [-0.05, 0) is 73.9 Å². The van der Waals surface area contributed by atoms with Gasteiger partial charge in [0.2, 0.25) is 11.9 Å². The van der Waals surface area contributed by atoms with Crippen molar-refractivity contribution in [2.45, 2.75) is 12.5 Å². The van der Waals surface area contributed by atoms with Crippen LogP contribution >= 0.6 is 0 Å². The molecule has 10 nitrogen and oxygen atoms in total. The van der Waals surface area contributed by atoms with E-state index in [0.717, 1.165) is 58.6 Å². The van der Waals surface area contributed by atoms with Crippen LogP contribution in [0, 0.1) is 0 Å². The van der Waals surface area contributed by atoms with Crippen LogP contribution in [0.5, 0.6) is 0 Å². The van der Waals surface area contributed by atoms with Crippen LogP contribution in [0.25, 0.3) is 22.0 Å². The minimum Gasteiger partial charge on any atom is -0.398 e. The van der Waals surface area contributed by atoms with Crippen molar-refractivity contribution in [3.8, 4) is 0 Å². The van der Waals surface area contributed by atoms with Crippen molar-refractivity contribution < 1.29 is 4.79 Å². The van der Waals surface area contributed by atoms with Crippen molar-refractivity contribution in [2.75, 3.05) is 49.3 Å². The molecule has 1 amide bonds. The number of nitrogens with one attached hydrogen (secondary N) is 2. The standard InChI is InChI=1S/C36H37N9O/c1-44(2)21-8-12-32(46)41-27-13-14-29-26(23-27)15-19-39-35(29)45-22-17-28(24-45)42-36-40-20-16-31(43-36)33(30-11-6-7-18-38-30)34(37)25-9-4-3-5-10-25/h3-16,18-20,23,28H,17,21-22,24,37H2,1-2H3,(H,41,46)(H,40,42,43)/b12-8+,34-33+/t28-/m0/s1. The van der Waals surface area contributed by atoms with Crippen LogP contribution in [-0.2, 0) is 4.79 Å². The number of anilines is 3. The lowest BCUT2D eigenvalue weighted by molar-refractivity contribution is -0.111. The number of fused-ring (bicyclic) bond motifs is 1. The van der Waals surface area contributed by atoms with E-state index in [1.807, 2.05) is 110 Å². The Morgan fingerprint density at radius 2 is 1.78 bits per heavy atom. The van der Waals surface area contributed by atoms with Crippen LogP contribution in [0.2, 0.25) is 0 Å². The molecule has 3 aromatic heterocycles. The van der Waals surface area contributed by atoms with Crippen LogP contribution in [0.1, 0.15) is 23.4 Å². The predicted molar refractivity (Wildman–Crippen MR) is 185 cm³/mol. The zero-order valence-electron chi connectivity index (χ0n) is 26.0. The Kier molecular flexibility index (Phi) is 9.26. The fraction of sp³-hybridized carbons (Fsp3) is 0.194. The summed E-state index contributed by atoms with van der Waals surface area (Å²) >= 11 is 0. The molecule has 1 atom stereocenters. The lowest BCUT2D eigenvalue weighted by Gasteiger charge is -2.20. The van der Waals surface area contributed by atoms with Crippen molar-refractivity contribution in [1.29, 1.82) is 0 Å². The summed E-state index contributed by atoms with van der Waals surface area (Å²) in [6.45, 7) is 2.28. The van der Waals surface area contributed by atoms with Crippen molar-refractivity contribution in [1.82, 2.24) is 24.8 Å². The Balaban J connectivity index is 1.18. The number of carbonyl (C=O) groups is 1. The van der Waals surface area contributed by atoms with Gasteiger partial charge in [0, 0.05) is 67.0 Å². The molecule has 0 bridgehead atoms. The molecule has 10 heteroatoms. The summed E-state index contributed by atoms with van der Waals surface area (Å²) in [5, 5.41) is 8.53. The molecule has 0 aliphatic carbocycles. The molecule has 232 valence electrons. The largest absolute Gasteiger partial charge is 0.398 e. The number of carbonyl (C=O) groups excluding carboxylic acids is 1. The average molecular weight is 612 g/mol. The summed E-state index contributed by atoms with van der Waals surface area (Å²) in [5.74, 6) is 1.29. The molecule has 6 rings (SSSR count). The number of aromatic nitrogens is 4. The summed E-state index contributed by atoms with van der Waals surface area (Å²) in [4.78, 5) is 35.4. The van der Waals surface area contributed by atoms with Gasteiger partial charge in [0.1, 0.15) is 5.82 Å². The third-order valence-electron chi connectivity index (χ3n) is 7.76. The third kappa shape index (κ3) is 7.19. The van der Waals surface area contributed by atoms with Crippen LogP contribution in [0.4, 0.5) is 17.5 Å². The highest BCUT2D eigenvalue weighted by molar-refractivity contribution is 6.02. The van der Waals surface area contributed by atoms with E-state index in [0.29, 0.717) is 23.9 Å². The second-order valence-electron chi connectivity index (χ2n) is 11.4. The highest BCUT2D eigenvalue weighted by Gasteiger charge is 2.26. The van der Waals surface area contributed by atoms with E-state index < -0.39 is 0 Å². The molecular formula is C36H37N9O. The molecule has 46 heavy (non-hydrogen) atoms. The first-order valence-electron chi connectivity index (χ1n) is 15.3. The highest BCUT2D eigenvalue weighted by atomic mass is 16.1. The molecule has 4 N–H and O–H groups in total. The topological polar surface area (TPSA) is 125 Å². The number of nitrogens with zero attached hydrogens (tertiary/aromatic N) is 6. The minimum atomic E-state index is -0.152. The molecule has 1 saturated heterocycles. The van der Waals surface area contributed by atoms with Crippen LogP contribution < -0.4 is 21.3 Å². The molecule has 1 fully saturated rings. The number of benzene rings is 2. The molecule has 0 saturated carbocycles. The van der Waals surface area contributed by atoms with Gasteiger partial charge < -0.3 is 26.2 Å². The summed E-state index contributed by atoms with van der Waals surface area (Å²) in [6, 6.07) is 25.5. The smallest absolute Gasteiger partial charge is 0.248 e. The molecule has 0 radical (unpaired) electrons. The Morgan fingerprint density at radius 3 is 2.59 bits per heavy atom. The van der Waals surface area contributed by atoms with Gasteiger partial charge in [-0.25, -0.2) is 15.0 Å². The molecule has 2 aromatic carbocycles. The maximum absolute atomic E-state index is 12.4. The average Bonchev–Trinajstić information content (AvgIpc) is 3.53. The van der Waals surface area contributed by atoms with Gasteiger partial charge in [-0.2, -0.15) is 0 Å². The molecule has 5 aromatic rings. The number of hydrogen-bond donors (Lipinski definition) is 3. The number of amides is 1. The van der Waals surface area contributed by atoms with E-state index in [1.54, 1.807) is 18.5 Å². The monoisotopic (exact) mass is 611 g/mol. The Hall–Kier alpha value is -5.61. The molecule has 0 unspecified atom stereocenters. The van der Waals surface area contributed by atoms with E-state index >= 15 is 0 Å². The molecule has 0 spiro atoms. The number of hydrogen-bond acceptors (Lipinski definition) is 9. The maximum atomic E-state index is 12.4. The van der Waals surface area contributed by atoms with Crippen molar-refractivity contribution in [3.63, 3.8) is 0 Å². The lowest BCUT2D eigenvalue weighted by Crippen LogP contribution is -2.27. The first kappa shape index (κ1) is 30.4. The lowest BCUT2D eigenvalue weighted by atomic mass is 10.0. The van der Waals surface area contributed by atoms with Gasteiger partial charge in [0.25, 0.3) is 0 Å². The van der Waals surface area contributed by atoms with E-state index in [9.17, 15) is 4.79 Å². The van der Waals surface area contributed by atoms with Crippen LogP contribution in [-0.4, -0.2) is 70.5 Å². The van der Waals surface area contributed by atoms with E-state index in [1.165, 1.54) is 0 Å². The molecule has 4 heterocycles. The maximum Gasteiger partial charge on any atom is 0.248 e. The number of nitrogens with two attached hydrogens (primary N) is 1.